The molecule has 0 aliphatic carbocycles. The van der Waals surface area contributed by atoms with Gasteiger partial charge in [0.2, 0.25) is 0 Å². The third kappa shape index (κ3) is 3.14. The number of nitrogens with one attached hydrogen (secondary N) is 1. The van der Waals surface area contributed by atoms with Crippen LogP contribution in [0.4, 0.5) is 0 Å². The van der Waals surface area contributed by atoms with Crippen molar-refractivity contribution in [1.29, 1.82) is 0 Å². The van der Waals surface area contributed by atoms with Gasteiger partial charge in [-0.2, -0.15) is 0 Å². The molecule has 0 bridgehead atoms. The molecule has 4 heteroatoms. The van der Waals surface area contributed by atoms with Gasteiger partial charge in [0.1, 0.15) is 0 Å². The Hall–Kier alpha value is -1.68. The van der Waals surface area contributed by atoms with E-state index in [-0.39, 0.29) is 0 Å². The summed E-state index contributed by atoms with van der Waals surface area (Å²) in [5.41, 5.74) is 2.31. The third-order valence-corrected chi connectivity index (χ3v) is 2.72. The molecule has 1 heterocycles. The zero-order valence-corrected chi connectivity index (χ0v) is 10.3. The van der Waals surface area contributed by atoms with Crippen LogP contribution in [-0.4, -0.2) is 21.5 Å². The van der Waals surface area contributed by atoms with Crippen LogP contribution in [-0.2, 0) is 13.5 Å². The predicted molar refractivity (Wildman–Crippen MR) is 67.6 cm³/mol. The molecule has 4 nitrogen and oxygen atoms in total. The number of likely N-dealkylation sites (N-methyl/N-ethyl adjacent to an activating group) is 1. The van der Waals surface area contributed by atoms with Gasteiger partial charge in [-0.05, 0) is 12.1 Å². The van der Waals surface area contributed by atoms with E-state index in [2.05, 4.69) is 46.8 Å². The van der Waals surface area contributed by atoms with Gasteiger partial charge < -0.3 is 5.32 Å². The first kappa shape index (κ1) is 11.8. The molecule has 0 spiro atoms. The highest BCUT2D eigenvalue weighted by atomic mass is 15.4. The molecule has 0 amide bonds. The first-order valence-electron chi connectivity index (χ1n) is 5.93. The van der Waals surface area contributed by atoms with Gasteiger partial charge in [-0.1, -0.05) is 42.5 Å². The van der Waals surface area contributed by atoms with Crippen molar-refractivity contribution in [2.75, 3.05) is 6.54 Å². The minimum Gasteiger partial charge on any atom is -0.310 e. The maximum absolute atomic E-state index is 4.14. The van der Waals surface area contributed by atoms with Crippen molar-refractivity contribution in [2.45, 2.75) is 19.4 Å². The van der Waals surface area contributed by atoms with Crippen LogP contribution in [0.2, 0.25) is 0 Å². The molecule has 2 rings (SSSR count). The Bertz CT molecular complexity index is 449. The van der Waals surface area contributed by atoms with Crippen molar-refractivity contribution >= 4 is 0 Å². The van der Waals surface area contributed by atoms with E-state index in [0.717, 1.165) is 18.7 Å². The van der Waals surface area contributed by atoms with E-state index in [0.29, 0.717) is 6.04 Å². The molecule has 0 aliphatic rings. The van der Waals surface area contributed by atoms with Gasteiger partial charge in [0.05, 0.1) is 5.69 Å². The largest absolute Gasteiger partial charge is 0.310 e. The van der Waals surface area contributed by atoms with Crippen LogP contribution in [0.25, 0.3) is 0 Å². The molecule has 2 aromatic rings. The summed E-state index contributed by atoms with van der Waals surface area (Å²) in [5.74, 6) is 0. The van der Waals surface area contributed by atoms with Crippen molar-refractivity contribution in [1.82, 2.24) is 20.3 Å². The second-order valence-corrected chi connectivity index (χ2v) is 4.11. The van der Waals surface area contributed by atoms with Crippen LogP contribution in [0, 0.1) is 0 Å². The standard InChI is InChI=1S/C13H18N4/c1-3-14-13(11-7-5-4-6-8-11)9-12-10-17(2)16-15-12/h4-8,10,13-14H,3,9H2,1-2H3. The van der Waals surface area contributed by atoms with E-state index in [4.69, 9.17) is 0 Å². The monoisotopic (exact) mass is 230 g/mol. The van der Waals surface area contributed by atoms with E-state index in [1.165, 1.54) is 5.56 Å². The molecule has 0 aliphatic heterocycles. The molecular weight excluding hydrogens is 212 g/mol. The molecule has 1 aromatic carbocycles. The SMILES string of the molecule is CCNC(Cc1cn(C)nn1)c1ccccc1. The van der Waals surface area contributed by atoms with Crippen molar-refractivity contribution in [3.05, 3.63) is 47.8 Å². The van der Waals surface area contributed by atoms with Crippen LogP contribution in [0.5, 0.6) is 0 Å². The average Bonchev–Trinajstić information content (AvgIpc) is 2.75. The van der Waals surface area contributed by atoms with Gasteiger partial charge in [0.25, 0.3) is 0 Å². The Morgan fingerprint density at radius 3 is 2.65 bits per heavy atom. The number of aromatic nitrogens is 3. The lowest BCUT2D eigenvalue weighted by Crippen LogP contribution is -2.23. The molecule has 90 valence electrons. The topological polar surface area (TPSA) is 42.7 Å². The number of benzene rings is 1. The molecule has 1 atom stereocenters. The molecule has 17 heavy (non-hydrogen) atoms. The minimum atomic E-state index is 0.304. The lowest BCUT2D eigenvalue weighted by atomic mass is 10.0. The van der Waals surface area contributed by atoms with E-state index in [9.17, 15) is 0 Å². The molecule has 0 saturated heterocycles. The number of aryl methyl sites for hydroxylation is 1. The zero-order valence-electron chi connectivity index (χ0n) is 10.3. The van der Waals surface area contributed by atoms with Gasteiger partial charge in [0, 0.05) is 25.7 Å². The summed E-state index contributed by atoms with van der Waals surface area (Å²) >= 11 is 0. The van der Waals surface area contributed by atoms with E-state index in [1.54, 1.807) is 4.68 Å². The first-order chi connectivity index (χ1) is 8.29. The van der Waals surface area contributed by atoms with Gasteiger partial charge in [-0.15, -0.1) is 5.10 Å². The average molecular weight is 230 g/mol. The number of hydrogen-bond donors (Lipinski definition) is 1. The Labute approximate surface area is 102 Å². The fourth-order valence-electron chi connectivity index (χ4n) is 1.94. The number of rotatable bonds is 5. The smallest absolute Gasteiger partial charge is 0.0845 e. The second-order valence-electron chi connectivity index (χ2n) is 4.11. The van der Waals surface area contributed by atoms with Gasteiger partial charge >= 0.3 is 0 Å². The van der Waals surface area contributed by atoms with Crippen LogP contribution < -0.4 is 5.32 Å². The molecule has 0 radical (unpaired) electrons. The first-order valence-corrected chi connectivity index (χ1v) is 5.93. The van der Waals surface area contributed by atoms with Gasteiger partial charge in [-0.25, -0.2) is 0 Å². The summed E-state index contributed by atoms with van der Waals surface area (Å²) in [6, 6.07) is 10.8. The lowest BCUT2D eigenvalue weighted by Gasteiger charge is -2.16. The maximum atomic E-state index is 4.14. The fourth-order valence-corrected chi connectivity index (χ4v) is 1.94. The van der Waals surface area contributed by atoms with Crippen molar-refractivity contribution < 1.29 is 0 Å². The maximum Gasteiger partial charge on any atom is 0.0845 e. The van der Waals surface area contributed by atoms with E-state index in [1.807, 2.05) is 19.3 Å². The van der Waals surface area contributed by atoms with E-state index >= 15 is 0 Å². The second kappa shape index (κ2) is 5.59. The molecule has 1 N–H and O–H groups in total. The van der Waals surface area contributed by atoms with Crippen LogP contribution in [0.3, 0.4) is 0 Å². The van der Waals surface area contributed by atoms with Crippen molar-refractivity contribution in [2.24, 2.45) is 7.05 Å². The molecular formula is C13H18N4. The summed E-state index contributed by atoms with van der Waals surface area (Å²) < 4.78 is 1.74. The number of hydrogen-bond acceptors (Lipinski definition) is 3. The fraction of sp³-hybridized carbons (Fsp3) is 0.385. The van der Waals surface area contributed by atoms with Crippen LogP contribution in [0.1, 0.15) is 24.2 Å². The molecule has 0 saturated carbocycles. The third-order valence-electron chi connectivity index (χ3n) is 2.72. The highest BCUT2D eigenvalue weighted by Crippen LogP contribution is 2.16. The number of nitrogens with zero attached hydrogens (tertiary/aromatic N) is 3. The quantitative estimate of drug-likeness (QED) is 0.850. The normalized spacial score (nSPS) is 12.6. The van der Waals surface area contributed by atoms with Gasteiger partial charge in [-0.3, -0.25) is 4.68 Å². The zero-order chi connectivity index (χ0) is 12.1. The Morgan fingerprint density at radius 2 is 2.06 bits per heavy atom. The van der Waals surface area contributed by atoms with Crippen molar-refractivity contribution in [3.63, 3.8) is 0 Å². The summed E-state index contributed by atoms with van der Waals surface area (Å²) in [7, 11) is 1.89. The van der Waals surface area contributed by atoms with Gasteiger partial charge in [0.15, 0.2) is 0 Å². The molecule has 1 unspecified atom stereocenters. The summed E-state index contributed by atoms with van der Waals surface area (Å²) in [6.45, 7) is 3.06. The van der Waals surface area contributed by atoms with E-state index < -0.39 is 0 Å². The highest BCUT2D eigenvalue weighted by molar-refractivity contribution is 5.20. The lowest BCUT2D eigenvalue weighted by molar-refractivity contribution is 0.543. The summed E-state index contributed by atoms with van der Waals surface area (Å²) in [6.07, 6.45) is 2.83. The summed E-state index contributed by atoms with van der Waals surface area (Å²) in [5, 5.41) is 11.6. The summed E-state index contributed by atoms with van der Waals surface area (Å²) in [4.78, 5) is 0. The van der Waals surface area contributed by atoms with Crippen LogP contribution in [0.15, 0.2) is 36.5 Å². The Kier molecular flexibility index (Phi) is 3.88. The van der Waals surface area contributed by atoms with Crippen LogP contribution >= 0.6 is 0 Å². The Morgan fingerprint density at radius 1 is 1.29 bits per heavy atom. The Balaban J connectivity index is 2.13. The molecule has 1 aromatic heterocycles. The predicted octanol–water partition coefficient (Wildman–Crippen LogP) is 1.71. The molecule has 0 fully saturated rings. The highest BCUT2D eigenvalue weighted by Gasteiger charge is 2.12. The minimum absolute atomic E-state index is 0.304. The van der Waals surface area contributed by atoms with Crippen molar-refractivity contribution in [3.8, 4) is 0 Å².